The molecule has 0 saturated carbocycles. The van der Waals surface area contributed by atoms with Crippen molar-refractivity contribution in [3.63, 3.8) is 0 Å². The van der Waals surface area contributed by atoms with Gasteiger partial charge in [-0.05, 0) is 31.0 Å². The molecule has 3 heterocycles. The zero-order chi connectivity index (χ0) is 20.5. The minimum absolute atomic E-state index is 0.0926. The fourth-order valence-corrected chi connectivity index (χ4v) is 3.45. The quantitative estimate of drug-likeness (QED) is 0.387. The van der Waals surface area contributed by atoms with Gasteiger partial charge in [-0.15, -0.1) is 0 Å². The number of aromatic nitrogens is 2. The van der Waals surface area contributed by atoms with Crippen LogP contribution < -0.4 is 33.0 Å². The molecule has 4 rings (SSSR count). The van der Waals surface area contributed by atoms with Gasteiger partial charge in [-0.2, -0.15) is 5.10 Å². The number of aryl methyl sites for hydroxylation is 2. The predicted molar refractivity (Wildman–Crippen MR) is 109 cm³/mol. The van der Waals surface area contributed by atoms with Crippen LogP contribution in [0.3, 0.4) is 0 Å². The zero-order valence-corrected chi connectivity index (χ0v) is 16.3. The van der Waals surface area contributed by atoms with Crippen molar-refractivity contribution in [2.75, 3.05) is 18.5 Å². The van der Waals surface area contributed by atoms with Crippen molar-refractivity contribution in [1.29, 1.82) is 0 Å². The van der Waals surface area contributed by atoms with Crippen LogP contribution in [0.5, 0.6) is 0 Å². The Kier molecular flexibility index (Phi) is 4.99. The molecule has 1 aromatic carbocycles. The van der Waals surface area contributed by atoms with E-state index >= 15 is 0 Å². The normalized spacial score (nSPS) is 23.5. The van der Waals surface area contributed by atoms with Crippen molar-refractivity contribution in [1.82, 2.24) is 25.9 Å². The summed E-state index contributed by atoms with van der Waals surface area (Å²) in [5.74, 6) is 0.224. The van der Waals surface area contributed by atoms with Crippen molar-refractivity contribution in [2.45, 2.75) is 25.4 Å². The van der Waals surface area contributed by atoms with Crippen molar-refractivity contribution in [2.24, 2.45) is 23.5 Å². The Morgan fingerprint density at radius 1 is 1.41 bits per heavy atom. The zero-order valence-electron chi connectivity index (χ0n) is 16.3. The van der Waals surface area contributed by atoms with Gasteiger partial charge in [0.25, 0.3) is 5.91 Å². The van der Waals surface area contributed by atoms with Crippen LogP contribution >= 0.6 is 0 Å². The van der Waals surface area contributed by atoms with Crippen molar-refractivity contribution < 1.29 is 9.53 Å². The van der Waals surface area contributed by atoms with Gasteiger partial charge in [0.15, 0.2) is 5.70 Å². The molecule has 0 bridgehead atoms. The third-order valence-electron chi connectivity index (χ3n) is 5.05. The van der Waals surface area contributed by atoms with E-state index < -0.39 is 5.91 Å². The standard InChI is InChI=1S/C18H25N9O2/c1-9-5-10(6-14-11(9)7-21-27(14)2)22-17-15(16(20)28)25-26-18(24-17)23-13-3-4-29-8-12(13)19/h5-7,12-13,22,25H,3-4,8,19H2,1-2H3,(H2,20,28)(H2,23,24,26)/t12-,13+/m0/s1. The number of guanidine groups is 1. The number of aliphatic imine (C=N–C) groups is 1. The second-order valence-electron chi connectivity index (χ2n) is 7.18. The molecule has 29 heavy (non-hydrogen) atoms. The molecular weight excluding hydrogens is 374 g/mol. The monoisotopic (exact) mass is 399 g/mol. The lowest BCUT2D eigenvalue weighted by atomic mass is 10.1. The van der Waals surface area contributed by atoms with E-state index in [2.05, 4.69) is 31.6 Å². The summed E-state index contributed by atoms with van der Waals surface area (Å²) in [5, 5.41) is 11.7. The second kappa shape index (κ2) is 7.60. The van der Waals surface area contributed by atoms with E-state index in [9.17, 15) is 4.79 Å². The molecule has 1 fully saturated rings. The summed E-state index contributed by atoms with van der Waals surface area (Å²) in [4.78, 5) is 16.5. The van der Waals surface area contributed by atoms with Gasteiger partial charge in [-0.1, -0.05) is 0 Å². The summed E-state index contributed by atoms with van der Waals surface area (Å²) < 4.78 is 7.15. The first-order valence-corrected chi connectivity index (χ1v) is 9.36. The smallest absolute Gasteiger partial charge is 0.270 e. The van der Waals surface area contributed by atoms with Crippen LogP contribution in [0.1, 0.15) is 12.0 Å². The largest absolute Gasteiger partial charge is 0.380 e. The summed E-state index contributed by atoms with van der Waals surface area (Å²) in [6.45, 7) is 3.08. The average molecular weight is 399 g/mol. The summed E-state index contributed by atoms with van der Waals surface area (Å²) in [6.07, 6.45) is 2.55. The number of nitrogens with one attached hydrogen (secondary N) is 4. The number of benzene rings is 1. The number of primary amides is 1. The maximum absolute atomic E-state index is 11.9. The lowest BCUT2D eigenvalue weighted by Gasteiger charge is -2.29. The molecule has 154 valence electrons. The number of nitrogens with zero attached hydrogens (tertiary/aromatic N) is 3. The Hall–Kier alpha value is -3.31. The van der Waals surface area contributed by atoms with Crippen LogP contribution in [-0.4, -0.2) is 46.9 Å². The number of amides is 1. The molecule has 0 radical (unpaired) electrons. The Bertz CT molecular complexity index is 1010. The van der Waals surface area contributed by atoms with Crippen LogP contribution in [0.4, 0.5) is 5.69 Å². The van der Waals surface area contributed by atoms with Crippen LogP contribution in [0.2, 0.25) is 0 Å². The van der Waals surface area contributed by atoms with Gasteiger partial charge < -0.3 is 26.8 Å². The fraction of sp³-hybridized carbons (Fsp3) is 0.389. The number of hydrogen-bond donors (Lipinski definition) is 6. The highest BCUT2D eigenvalue weighted by Gasteiger charge is 2.25. The van der Waals surface area contributed by atoms with Crippen LogP contribution in [-0.2, 0) is 16.6 Å². The van der Waals surface area contributed by atoms with E-state index in [1.165, 1.54) is 0 Å². The third-order valence-corrected chi connectivity index (χ3v) is 5.05. The molecule has 1 aromatic heterocycles. The van der Waals surface area contributed by atoms with Gasteiger partial charge >= 0.3 is 0 Å². The topological polar surface area (TPSA) is 157 Å². The maximum atomic E-state index is 11.9. The third kappa shape index (κ3) is 3.82. The highest BCUT2D eigenvalue weighted by atomic mass is 16.5. The number of hydrogen-bond acceptors (Lipinski definition) is 7. The van der Waals surface area contributed by atoms with Crippen molar-refractivity contribution >= 4 is 28.5 Å². The second-order valence-corrected chi connectivity index (χ2v) is 7.18. The van der Waals surface area contributed by atoms with Gasteiger partial charge in [0.2, 0.25) is 5.96 Å². The first kappa shape index (κ1) is 19.0. The number of hydrazine groups is 1. The number of carbonyl (C=O) groups is 1. The summed E-state index contributed by atoms with van der Waals surface area (Å²) >= 11 is 0. The molecule has 0 spiro atoms. The van der Waals surface area contributed by atoms with E-state index in [0.29, 0.717) is 25.0 Å². The molecule has 2 aliphatic heterocycles. The molecule has 11 nitrogen and oxygen atoms in total. The SMILES string of the molecule is Cc1cc(NC2=C(C(N)=O)NNC(=N[C@@H]3CCOC[C@@H]3N)N2)cc2c1cnn2C. The molecule has 0 aliphatic carbocycles. The first-order chi connectivity index (χ1) is 13.9. The van der Waals surface area contributed by atoms with Crippen molar-refractivity contribution in [3.8, 4) is 0 Å². The number of carbonyl (C=O) groups excluding carboxylic acids is 1. The van der Waals surface area contributed by atoms with Crippen molar-refractivity contribution in [3.05, 3.63) is 35.4 Å². The Labute approximate surface area is 167 Å². The Morgan fingerprint density at radius 2 is 2.24 bits per heavy atom. The van der Waals surface area contributed by atoms with Crippen LogP contribution in [0, 0.1) is 6.92 Å². The molecule has 2 atom stereocenters. The molecule has 2 aliphatic rings. The van der Waals surface area contributed by atoms with E-state index in [4.69, 9.17) is 16.2 Å². The molecule has 0 unspecified atom stereocenters. The number of rotatable bonds is 4. The van der Waals surface area contributed by atoms with E-state index in [1.807, 2.05) is 32.3 Å². The van der Waals surface area contributed by atoms with Gasteiger partial charge in [0, 0.05) is 24.7 Å². The molecule has 11 heteroatoms. The lowest BCUT2D eigenvalue weighted by Crippen LogP contribution is -2.55. The summed E-state index contributed by atoms with van der Waals surface area (Å²) in [7, 11) is 1.88. The molecule has 8 N–H and O–H groups in total. The maximum Gasteiger partial charge on any atom is 0.270 e. The van der Waals surface area contributed by atoms with Gasteiger partial charge in [0.05, 0.1) is 30.4 Å². The van der Waals surface area contributed by atoms with Gasteiger partial charge in [-0.3, -0.25) is 20.3 Å². The Balaban J connectivity index is 1.62. The predicted octanol–water partition coefficient (Wildman–Crippen LogP) is -0.882. The molecule has 2 aromatic rings. The van der Waals surface area contributed by atoms with E-state index in [1.54, 1.807) is 4.68 Å². The highest BCUT2D eigenvalue weighted by molar-refractivity contribution is 5.96. The number of nitrogens with two attached hydrogens (primary N) is 2. The van der Waals surface area contributed by atoms with Crippen LogP contribution in [0.15, 0.2) is 34.8 Å². The number of ether oxygens (including phenoxy) is 1. The molecule has 1 amide bonds. The lowest BCUT2D eigenvalue weighted by molar-refractivity contribution is -0.115. The average Bonchev–Trinajstić information content (AvgIpc) is 3.05. The van der Waals surface area contributed by atoms with Crippen LogP contribution in [0.25, 0.3) is 10.9 Å². The highest BCUT2D eigenvalue weighted by Crippen LogP contribution is 2.24. The summed E-state index contributed by atoms with van der Waals surface area (Å²) in [6, 6.07) is 3.65. The van der Waals surface area contributed by atoms with Gasteiger partial charge in [0.1, 0.15) is 5.82 Å². The van der Waals surface area contributed by atoms with Gasteiger partial charge in [-0.25, -0.2) is 4.99 Å². The minimum Gasteiger partial charge on any atom is -0.380 e. The number of fused-ring (bicyclic) bond motifs is 1. The first-order valence-electron chi connectivity index (χ1n) is 9.36. The molecular formula is C18H25N9O2. The minimum atomic E-state index is -0.618. The van der Waals surface area contributed by atoms with E-state index in [0.717, 1.165) is 28.6 Å². The number of anilines is 1. The molecule has 1 saturated heterocycles. The fourth-order valence-electron chi connectivity index (χ4n) is 3.45. The van der Waals surface area contributed by atoms with E-state index in [-0.39, 0.29) is 17.8 Å². The summed E-state index contributed by atoms with van der Waals surface area (Å²) in [5.41, 5.74) is 20.3. The Morgan fingerprint density at radius 3 is 3.00 bits per heavy atom.